The number of hydrogen-bond acceptors (Lipinski definition) is 3. The van der Waals surface area contributed by atoms with Crippen LogP contribution in [0.25, 0.3) is 5.70 Å². The minimum absolute atomic E-state index is 0.0495. The van der Waals surface area contributed by atoms with Crippen LogP contribution < -0.4 is 5.43 Å². The minimum Gasteiger partial charge on any atom is -0.481 e. The Balaban J connectivity index is 1.90. The molecule has 0 radical (unpaired) electrons. The first-order valence-electron chi connectivity index (χ1n) is 8.29. The second-order valence-corrected chi connectivity index (χ2v) is 7.13. The summed E-state index contributed by atoms with van der Waals surface area (Å²) in [6.45, 7) is 2.01. The van der Waals surface area contributed by atoms with Gasteiger partial charge in [-0.3, -0.25) is 15.0 Å². The summed E-state index contributed by atoms with van der Waals surface area (Å²) in [6, 6.07) is 15.5. The maximum Gasteiger partial charge on any atom is 0.303 e. The number of hydrazine groups is 1. The highest BCUT2D eigenvalue weighted by Crippen LogP contribution is 2.32. The molecule has 2 aromatic carbocycles. The molecule has 0 saturated carbocycles. The van der Waals surface area contributed by atoms with Gasteiger partial charge >= 0.3 is 5.97 Å². The van der Waals surface area contributed by atoms with E-state index in [4.69, 9.17) is 5.11 Å². The number of carboxylic acids is 1. The molecule has 1 atom stereocenters. The third kappa shape index (κ3) is 4.14. The summed E-state index contributed by atoms with van der Waals surface area (Å²) in [5.74, 6) is -1.23. The van der Waals surface area contributed by atoms with Gasteiger partial charge in [0.1, 0.15) is 0 Å². The zero-order chi connectivity index (χ0) is 18.7. The molecule has 1 aliphatic rings. The Morgan fingerprint density at radius 2 is 1.73 bits per heavy atom. The van der Waals surface area contributed by atoms with Crippen molar-refractivity contribution in [3.63, 3.8) is 0 Å². The molecule has 0 spiro atoms. The van der Waals surface area contributed by atoms with E-state index in [0.717, 1.165) is 26.9 Å². The fourth-order valence-corrected chi connectivity index (χ4v) is 3.08. The fraction of sp³-hybridized carbons (Fsp3) is 0.200. The van der Waals surface area contributed by atoms with Gasteiger partial charge in [0.05, 0.1) is 18.2 Å². The van der Waals surface area contributed by atoms with Gasteiger partial charge < -0.3 is 5.11 Å². The van der Waals surface area contributed by atoms with Gasteiger partial charge in [-0.25, -0.2) is 5.01 Å². The van der Waals surface area contributed by atoms with E-state index >= 15 is 0 Å². The van der Waals surface area contributed by atoms with Gasteiger partial charge in [-0.1, -0.05) is 57.9 Å². The molecule has 0 aromatic heterocycles. The van der Waals surface area contributed by atoms with Crippen LogP contribution in [0.3, 0.4) is 0 Å². The molecule has 0 bridgehead atoms. The number of hydrogen-bond donors (Lipinski definition) is 2. The van der Waals surface area contributed by atoms with E-state index in [2.05, 4.69) is 21.4 Å². The van der Waals surface area contributed by atoms with Crippen molar-refractivity contribution in [2.45, 2.75) is 25.8 Å². The summed E-state index contributed by atoms with van der Waals surface area (Å²) in [5.41, 5.74) is 7.04. The van der Waals surface area contributed by atoms with Crippen LogP contribution in [-0.4, -0.2) is 22.0 Å². The number of carbonyl (C=O) groups is 2. The number of rotatable bonds is 5. The Bertz CT molecular complexity index is 844. The van der Waals surface area contributed by atoms with Crippen LogP contribution in [-0.2, 0) is 9.59 Å². The van der Waals surface area contributed by atoms with E-state index < -0.39 is 5.97 Å². The molecule has 0 aliphatic carbocycles. The maximum absolute atomic E-state index is 12.6. The second-order valence-electron chi connectivity index (χ2n) is 6.21. The highest BCUT2D eigenvalue weighted by Gasteiger charge is 2.30. The minimum atomic E-state index is -0.981. The number of benzene rings is 2. The summed E-state index contributed by atoms with van der Waals surface area (Å²) < 4.78 is 0.976. The van der Waals surface area contributed by atoms with Crippen molar-refractivity contribution in [3.05, 3.63) is 75.8 Å². The van der Waals surface area contributed by atoms with E-state index in [1.807, 2.05) is 61.5 Å². The van der Waals surface area contributed by atoms with Gasteiger partial charge in [0, 0.05) is 10.9 Å². The number of halogens is 1. The SMILES string of the molecule is Cc1ccc([C@@H]2C=C(c3ccc(Br)cc3)NN2C(=O)CCC(=O)O)cc1. The third-order valence-corrected chi connectivity index (χ3v) is 4.77. The normalized spacial score (nSPS) is 16.2. The molecule has 6 heteroatoms. The molecule has 1 amide bonds. The molecule has 0 unspecified atom stereocenters. The predicted molar refractivity (Wildman–Crippen MR) is 103 cm³/mol. The van der Waals surface area contributed by atoms with Crippen LogP contribution in [0.15, 0.2) is 59.1 Å². The maximum atomic E-state index is 12.6. The summed E-state index contributed by atoms with van der Waals surface area (Å²) in [5, 5.41) is 10.4. The van der Waals surface area contributed by atoms with Crippen molar-refractivity contribution in [2.75, 3.05) is 0 Å². The first-order chi connectivity index (χ1) is 12.4. The summed E-state index contributed by atoms with van der Waals surface area (Å²) in [6.07, 6.45) is 1.75. The van der Waals surface area contributed by atoms with Crippen molar-refractivity contribution in [1.29, 1.82) is 0 Å². The molecule has 134 valence electrons. The van der Waals surface area contributed by atoms with Crippen LogP contribution in [0.4, 0.5) is 0 Å². The summed E-state index contributed by atoms with van der Waals surface area (Å²) in [4.78, 5) is 23.4. The molecule has 2 N–H and O–H groups in total. The molecule has 3 rings (SSSR count). The molecule has 1 heterocycles. The number of carbonyl (C=O) groups excluding carboxylic acids is 1. The van der Waals surface area contributed by atoms with E-state index in [0.29, 0.717) is 0 Å². The van der Waals surface area contributed by atoms with Crippen molar-refractivity contribution >= 4 is 33.5 Å². The Kier molecular flexibility index (Phi) is 5.42. The van der Waals surface area contributed by atoms with Gasteiger partial charge in [0.15, 0.2) is 0 Å². The number of carboxylic acid groups (broad SMARTS) is 1. The Labute approximate surface area is 160 Å². The highest BCUT2D eigenvalue weighted by atomic mass is 79.9. The molecular weight excluding hydrogens is 396 g/mol. The van der Waals surface area contributed by atoms with Gasteiger partial charge in [-0.2, -0.15) is 0 Å². The van der Waals surface area contributed by atoms with E-state index in [-0.39, 0.29) is 24.8 Å². The number of nitrogens with zero attached hydrogens (tertiary/aromatic N) is 1. The smallest absolute Gasteiger partial charge is 0.303 e. The van der Waals surface area contributed by atoms with Gasteiger partial charge in [-0.05, 0) is 36.3 Å². The standard InChI is InChI=1S/C20H19BrN2O3/c1-13-2-4-15(5-3-13)18-12-17(14-6-8-16(21)9-7-14)22-23(18)19(24)10-11-20(25)26/h2-9,12,18,22H,10-11H2,1H3,(H,25,26)/t18-/m0/s1. The lowest BCUT2D eigenvalue weighted by molar-refractivity contribution is -0.142. The lowest BCUT2D eigenvalue weighted by atomic mass is 10.0. The third-order valence-electron chi connectivity index (χ3n) is 4.24. The van der Waals surface area contributed by atoms with Crippen LogP contribution in [0, 0.1) is 6.92 Å². The zero-order valence-corrected chi connectivity index (χ0v) is 15.9. The van der Waals surface area contributed by atoms with Gasteiger partial charge in [0.25, 0.3) is 0 Å². The van der Waals surface area contributed by atoms with Crippen LogP contribution in [0.5, 0.6) is 0 Å². The topological polar surface area (TPSA) is 69.6 Å². The lowest BCUT2D eigenvalue weighted by Gasteiger charge is -2.25. The number of nitrogens with one attached hydrogen (secondary N) is 1. The van der Waals surface area contributed by atoms with Gasteiger partial charge in [-0.15, -0.1) is 0 Å². The lowest BCUT2D eigenvalue weighted by Crippen LogP contribution is -2.39. The van der Waals surface area contributed by atoms with Crippen molar-refractivity contribution in [2.24, 2.45) is 0 Å². The van der Waals surface area contributed by atoms with Gasteiger partial charge in [0.2, 0.25) is 5.91 Å². The van der Waals surface area contributed by atoms with Crippen molar-refractivity contribution in [1.82, 2.24) is 10.4 Å². The zero-order valence-electron chi connectivity index (χ0n) is 14.3. The molecule has 0 saturated heterocycles. The quantitative estimate of drug-likeness (QED) is 0.773. The van der Waals surface area contributed by atoms with E-state index in [1.165, 1.54) is 5.01 Å². The van der Waals surface area contributed by atoms with E-state index in [9.17, 15) is 9.59 Å². The molecule has 5 nitrogen and oxygen atoms in total. The van der Waals surface area contributed by atoms with Crippen LogP contribution >= 0.6 is 15.9 Å². The van der Waals surface area contributed by atoms with Crippen LogP contribution in [0.1, 0.15) is 35.6 Å². The van der Waals surface area contributed by atoms with E-state index in [1.54, 1.807) is 0 Å². The average Bonchev–Trinajstić information content (AvgIpc) is 3.06. The molecule has 2 aromatic rings. The van der Waals surface area contributed by atoms with Crippen molar-refractivity contribution in [3.8, 4) is 0 Å². The predicted octanol–water partition coefficient (Wildman–Crippen LogP) is 4.05. The average molecular weight is 415 g/mol. The first kappa shape index (κ1) is 18.2. The first-order valence-corrected chi connectivity index (χ1v) is 9.08. The van der Waals surface area contributed by atoms with Crippen molar-refractivity contribution < 1.29 is 14.7 Å². The summed E-state index contributed by atoms with van der Waals surface area (Å²) >= 11 is 3.42. The molecule has 26 heavy (non-hydrogen) atoms. The summed E-state index contributed by atoms with van der Waals surface area (Å²) in [7, 11) is 0. The number of aliphatic carboxylic acids is 1. The monoisotopic (exact) mass is 414 g/mol. The molecule has 0 fully saturated rings. The molecule has 1 aliphatic heterocycles. The second kappa shape index (κ2) is 7.74. The highest BCUT2D eigenvalue weighted by molar-refractivity contribution is 9.10. The largest absolute Gasteiger partial charge is 0.481 e. The number of aryl methyl sites for hydroxylation is 1. The number of amides is 1. The Morgan fingerprint density at radius 1 is 1.08 bits per heavy atom. The fourth-order valence-electron chi connectivity index (χ4n) is 2.82. The molecular formula is C20H19BrN2O3. The van der Waals surface area contributed by atoms with Crippen LogP contribution in [0.2, 0.25) is 0 Å². The Morgan fingerprint density at radius 3 is 2.35 bits per heavy atom. The Hall–Kier alpha value is -2.60.